The van der Waals surface area contributed by atoms with Gasteiger partial charge in [-0.05, 0) is 43.3 Å². The normalized spacial score (nSPS) is 16.9. The van der Waals surface area contributed by atoms with Crippen molar-refractivity contribution in [3.63, 3.8) is 0 Å². The summed E-state index contributed by atoms with van der Waals surface area (Å²) in [5.74, 6) is 1.17. The molecule has 0 bridgehead atoms. The molecule has 2 fully saturated rings. The Balaban J connectivity index is 1.14. The number of ketones is 1. The number of piperazine rings is 1. The Morgan fingerprint density at radius 3 is 2.38 bits per heavy atom. The van der Waals surface area contributed by atoms with Crippen molar-refractivity contribution in [1.29, 1.82) is 0 Å². The molecule has 1 aromatic heterocycles. The Hall–Kier alpha value is -3.13. The van der Waals surface area contributed by atoms with Crippen LogP contribution in [0.4, 0.5) is 10.8 Å². The molecule has 2 aliphatic rings. The monoisotopic (exact) mass is 450 g/mol. The molecular weight excluding hydrogens is 424 g/mol. The predicted molar refractivity (Wildman–Crippen MR) is 127 cm³/mol. The zero-order chi connectivity index (χ0) is 22.2. The number of carbonyl (C=O) groups is 2. The standard InChI is InChI=1S/C24H26N4O3S/c1-16(29)17-3-5-19(6-4-17)26-9-11-27(12-10-26)23(30)18-14-28(15-18)24-25-21-13-20(31-2)7-8-22(21)32-24/h3-8,13,18H,9-12,14-15H2,1-2H3. The largest absolute Gasteiger partial charge is 0.497 e. The molecule has 7 nitrogen and oxygen atoms in total. The van der Waals surface area contributed by atoms with Gasteiger partial charge in [-0.3, -0.25) is 9.59 Å². The molecule has 0 N–H and O–H groups in total. The molecule has 2 aliphatic heterocycles. The number of methoxy groups -OCH3 is 1. The van der Waals surface area contributed by atoms with Gasteiger partial charge in [-0.15, -0.1) is 0 Å². The summed E-state index contributed by atoms with van der Waals surface area (Å²) in [6, 6.07) is 13.7. The van der Waals surface area contributed by atoms with Crippen LogP contribution in [-0.4, -0.2) is 68.0 Å². The lowest BCUT2D eigenvalue weighted by Crippen LogP contribution is -2.58. The molecular formula is C24H26N4O3S. The van der Waals surface area contributed by atoms with Crippen LogP contribution in [0, 0.1) is 5.92 Å². The minimum Gasteiger partial charge on any atom is -0.497 e. The number of Topliss-reactive ketones (excluding diaryl/α,β-unsaturated/α-hetero) is 1. The molecule has 5 rings (SSSR count). The van der Waals surface area contributed by atoms with Crippen molar-refractivity contribution in [3.8, 4) is 5.75 Å². The van der Waals surface area contributed by atoms with Crippen LogP contribution >= 0.6 is 11.3 Å². The summed E-state index contributed by atoms with van der Waals surface area (Å²) < 4.78 is 6.41. The van der Waals surface area contributed by atoms with Crippen molar-refractivity contribution >= 4 is 44.1 Å². The molecule has 1 amide bonds. The fraction of sp³-hybridized carbons (Fsp3) is 0.375. The van der Waals surface area contributed by atoms with E-state index < -0.39 is 0 Å². The van der Waals surface area contributed by atoms with E-state index in [4.69, 9.17) is 9.72 Å². The van der Waals surface area contributed by atoms with Crippen LogP contribution in [0.25, 0.3) is 10.2 Å². The Morgan fingerprint density at radius 2 is 1.72 bits per heavy atom. The maximum Gasteiger partial charge on any atom is 0.229 e. The number of carbonyl (C=O) groups excluding carboxylic acids is 2. The molecule has 8 heteroatoms. The highest BCUT2D eigenvalue weighted by Gasteiger charge is 2.37. The molecule has 0 saturated carbocycles. The lowest BCUT2D eigenvalue weighted by Gasteiger charge is -2.43. The van der Waals surface area contributed by atoms with Crippen LogP contribution in [0.5, 0.6) is 5.75 Å². The van der Waals surface area contributed by atoms with E-state index in [1.165, 1.54) is 0 Å². The molecule has 0 spiro atoms. The van der Waals surface area contributed by atoms with Gasteiger partial charge in [0.1, 0.15) is 5.75 Å². The van der Waals surface area contributed by atoms with Gasteiger partial charge in [0.15, 0.2) is 10.9 Å². The number of hydrogen-bond acceptors (Lipinski definition) is 7. The maximum absolute atomic E-state index is 13.0. The lowest BCUT2D eigenvalue weighted by molar-refractivity contribution is -0.136. The molecule has 0 unspecified atom stereocenters. The highest BCUT2D eigenvalue weighted by atomic mass is 32.1. The van der Waals surface area contributed by atoms with Crippen LogP contribution in [-0.2, 0) is 4.79 Å². The number of rotatable bonds is 5. The van der Waals surface area contributed by atoms with E-state index in [0.717, 1.165) is 71.6 Å². The van der Waals surface area contributed by atoms with E-state index in [1.807, 2.05) is 47.4 Å². The molecule has 0 radical (unpaired) electrons. The third-order valence-corrected chi connectivity index (χ3v) is 7.41. The van der Waals surface area contributed by atoms with E-state index in [2.05, 4.69) is 9.80 Å². The third-order valence-electron chi connectivity index (χ3n) is 6.32. The number of nitrogens with zero attached hydrogens (tertiary/aromatic N) is 4. The van der Waals surface area contributed by atoms with Crippen molar-refractivity contribution in [2.45, 2.75) is 6.92 Å². The van der Waals surface area contributed by atoms with Crippen LogP contribution in [0.1, 0.15) is 17.3 Å². The van der Waals surface area contributed by atoms with E-state index in [-0.39, 0.29) is 17.6 Å². The first-order valence-electron chi connectivity index (χ1n) is 10.9. The summed E-state index contributed by atoms with van der Waals surface area (Å²) in [7, 11) is 1.66. The number of benzene rings is 2. The first-order valence-corrected chi connectivity index (χ1v) is 11.7. The number of hydrogen-bond donors (Lipinski definition) is 0. The van der Waals surface area contributed by atoms with Crippen molar-refractivity contribution < 1.29 is 14.3 Å². The summed E-state index contributed by atoms with van der Waals surface area (Å²) in [6.45, 7) is 6.10. The average Bonchev–Trinajstić information content (AvgIpc) is 3.20. The highest BCUT2D eigenvalue weighted by molar-refractivity contribution is 7.22. The number of anilines is 2. The van der Waals surface area contributed by atoms with E-state index in [9.17, 15) is 9.59 Å². The first kappa shape index (κ1) is 20.8. The minimum absolute atomic E-state index is 0.0398. The fourth-order valence-corrected chi connectivity index (χ4v) is 5.26. The Morgan fingerprint density at radius 1 is 1.00 bits per heavy atom. The van der Waals surface area contributed by atoms with E-state index >= 15 is 0 Å². The molecule has 0 atom stereocenters. The average molecular weight is 451 g/mol. The topological polar surface area (TPSA) is 66.0 Å². The highest BCUT2D eigenvalue weighted by Crippen LogP contribution is 2.35. The smallest absolute Gasteiger partial charge is 0.229 e. The van der Waals surface area contributed by atoms with Crippen LogP contribution in [0.15, 0.2) is 42.5 Å². The SMILES string of the molecule is COc1ccc2sc(N3CC(C(=O)N4CCN(c5ccc(C(C)=O)cc5)CC4)C3)nc2c1. The summed E-state index contributed by atoms with van der Waals surface area (Å²) >= 11 is 1.66. The molecule has 3 heterocycles. The number of ether oxygens (including phenoxy) is 1. The van der Waals surface area contributed by atoms with Gasteiger partial charge in [0.2, 0.25) is 5.91 Å². The third kappa shape index (κ3) is 3.90. The van der Waals surface area contributed by atoms with Gasteiger partial charge in [-0.1, -0.05) is 11.3 Å². The molecule has 2 saturated heterocycles. The zero-order valence-corrected chi connectivity index (χ0v) is 19.1. The molecule has 0 aliphatic carbocycles. The van der Waals surface area contributed by atoms with Gasteiger partial charge in [0.05, 0.1) is 23.2 Å². The van der Waals surface area contributed by atoms with Crippen molar-refractivity contribution in [3.05, 3.63) is 48.0 Å². The van der Waals surface area contributed by atoms with Crippen molar-refractivity contribution in [2.75, 3.05) is 56.2 Å². The summed E-state index contributed by atoms with van der Waals surface area (Å²) in [4.78, 5) is 35.6. The number of fused-ring (bicyclic) bond motifs is 1. The van der Waals surface area contributed by atoms with Gasteiger partial charge >= 0.3 is 0 Å². The quantitative estimate of drug-likeness (QED) is 0.556. The van der Waals surface area contributed by atoms with Gasteiger partial charge in [0.25, 0.3) is 0 Å². The summed E-state index contributed by atoms with van der Waals surface area (Å²) in [5.41, 5.74) is 2.76. The zero-order valence-electron chi connectivity index (χ0n) is 18.3. The van der Waals surface area contributed by atoms with Crippen LogP contribution < -0.4 is 14.5 Å². The van der Waals surface area contributed by atoms with E-state index in [1.54, 1.807) is 25.4 Å². The van der Waals surface area contributed by atoms with E-state index in [0.29, 0.717) is 0 Å². The molecule has 2 aromatic carbocycles. The first-order chi connectivity index (χ1) is 15.5. The predicted octanol–water partition coefficient (Wildman–Crippen LogP) is 3.29. The van der Waals surface area contributed by atoms with Crippen LogP contribution in [0.2, 0.25) is 0 Å². The van der Waals surface area contributed by atoms with Crippen molar-refractivity contribution in [1.82, 2.24) is 9.88 Å². The van der Waals surface area contributed by atoms with Crippen LogP contribution in [0.3, 0.4) is 0 Å². The fourth-order valence-electron chi connectivity index (χ4n) is 4.30. The minimum atomic E-state index is 0.0398. The maximum atomic E-state index is 13.0. The second kappa shape index (κ2) is 8.43. The Kier molecular flexibility index (Phi) is 5.46. The van der Waals surface area contributed by atoms with Gasteiger partial charge in [-0.25, -0.2) is 4.98 Å². The van der Waals surface area contributed by atoms with Gasteiger partial charge in [0, 0.05) is 56.6 Å². The lowest BCUT2D eigenvalue weighted by atomic mass is 9.99. The van der Waals surface area contributed by atoms with Gasteiger partial charge in [-0.2, -0.15) is 0 Å². The Bertz CT molecular complexity index is 1150. The number of amides is 1. The second-order valence-electron chi connectivity index (χ2n) is 8.35. The van der Waals surface area contributed by atoms with Gasteiger partial charge < -0.3 is 19.4 Å². The molecule has 3 aromatic rings. The molecule has 32 heavy (non-hydrogen) atoms. The number of thiazole rings is 1. The van der Waals surface area contributed by atoms with Crippen molar-refractivity contribution in [2.24, 2.45) is 5.92 Å². The Labute approximate surface area is 191 Å². The summed E-state index contributed by atoms with van der Waals surface area (Å²) in [5, 5.41) is 0.969. The number of aromatic nitrogens is 1. The molecule has 166 valence electrons. The summed E-state index contributed by atoms with van der Waals surface area (Å²) in [6.07, 6.45) is 0. The second-order valence-corrected chi connectivity index (χ2v) is 9.36.